The molecular weight excluding hydrogens is 234 g/mol. The van der Waals surface area contributed by atoms with Gasteiger partial charge in [-0.15, -0.1) is 0 Å². The van der Waals surface area contributed by atoms with Gasteiger partial charge in [-0.1, -0.05) is 0 Å². The van der Waals surface area contributed by atoms with Crippen molar-refractivity contribution < 1.29 is 28.7 Å². The van der Waals surface area contributed by atoms with E-state index in [9.17, 15) is 9.13 Å². The molecule has 0 aromatic heterocycles. The van der Waals surface area contributed by atoms with E-state index in [1.54, 1.807) is 0 Å². The van der Waals surface area contributed by atoms with Gasteiger partial charge in [0.15, 0.2) is 5.40 Å². The van der Waals surface area contributed by atoms with E-state index in [4.69, 9.17) is 30.7 Å². The van der Waals surface area contributed by atoms with Gasteiger partial charge >= 0.3 is 15.2 Å². The standard InChI is InChI=1S/C4H12N2O6P2/c5-3(6)1-2-4(13(7,8)9)14(10,11)12/h4H,1-2H2,(H3,5,6)(H2,7,8,9)(H2,10,11,12). The Morgan fingerprint density at radius 3 is 1.79 bits per heavy atom. The molecule has 0 aliphatic carbocycles. The van der Waals surface area contributed by atoms with Gasteiger partial charge in [0.25, 0.3) is 0 Å². The van der Waals surface area contributed by atoms with Gasteiger partial charge in [0.1, 0.15) is 0 Å². The molecule has 0 unspecified atom stereocenters. The van der Waals surface area contributed by atoms with E-state index < -0.39 is 27.0 Å². The second-order valence-electron chi connectivity index (χ2n) is 2.72. The van der Waals surface area contributed by atoms with Crippen molar-refractivity contribution in [3.05, 3.63) is 0 Å². The van der Waals surface area contributed by atoms with Crippen LogP contribution in [-0.4, -0.2) is 30.8 Å². The first-order valence-corrected chi connectivity index (χ1v) is 6.85. The maximum atomic E-state index is 10.7. The third-order valence-corrected chi connectivity index (χ3v) is 5.32. The highest BCUT2D eigenvalue weighted by molar-refractivity contribution is 7.70. The van der Waals surface area contributed by atoms with Gasteiger partial charge in [-0.3, -0.25) is 14.5 Å². The maximum absolute atomic E-state index is 10.7. The van der Waals surface area contributed by atoms with Crippen LogP contribution in [0.4, 0.5) is 0 Å². The summed E-state index contributed by atoms with van der Waals surface area (Å²) in [6.07, 6.45) is -0.773. The van der Waals surface area contributed by atoms with Crippen molar-refractivity contribution in [1.29, 1.82) is 5.41 Å². The average molecular weight is 246 g/mol. The van der Waals surface area contributed by atoms with E-state index in [1.165, 1.54) is 0 Å². The first kappa shape index (κ1) is 13.8. The molecule has 0 heterocycles. The number of hydrogen-bond acceptors (Lipinski definition) is 3. The highest BCUT2D eigenvalue weighted by Crippen LogP contribution is 2.61. The molecule has 0 spiro atoms. The highest BCUT2D eigenvalue weighted by atomic mass is 31.2. The summed E-state index contributed by atoms with van der Waals surface area (Å²) in [5.41, 5.74) is 4.90. The Labute approximate surface area is 80.0 Å². The minimum absolute atomic E-state index is 0.263. The van der Waals surface area contributed by atoms with E-state index in [-0.39, 0.29) is 12.3 Å². The van der Waals surface area contributed by atoms with E-state index >= 15 is 0 Å². The third kappa shape index (κ3) is 4.85. The van der Waals surface area contributed by atoms with Gasteiger partial charge in [0, 0.05) is 6.42 Å². The molecule has 0 bridgehead atoms. The summed E-state index contributed by atoms with van der Waals surface area (Å²) in [6.45, 7) is 0. The predicted octanol–water partition coefficient (Wildman–Crippen LogP) is -0.616. The van der Waals surface area contributed by atoms with Crippen LogP contribution in [0, 0.1) is 5.41 Å². The first-order chi connectivity index (χ1) is 6.05. The molecule has 0 rings (SSSR count). The van der Waals surface area contributed by atoms with Crippen LogP contribution in [0.5, 0.6) is 0 Å². The Balaban J connectivity index is 4.69. The summed E-state index contributed by atoms with van der Waals surface area (Å²) in [6, 6.07) is 0. The van der Waals surface area contributed by atoms with Gasteiger partial charge in [-0.2, -0.15) is 0 Å². The molecule has 10 heteroatoms. The second-order valence-corrected chi connectivity index (χ2v) is 6.73. The molecule has 0 aromatic carbocycles. The van der Waals surface area contributed by atoms with E-state index in [2.05, 4.69) is 0 Å². The zero-order valence-electron chi connectivity index (χ0n) is 7.07. The van der Waals surface area contributed by atoms with Crippen molar-refractivity contribution in [1.82, 2.24) is 0 Å². The summed E-state index contributed by atoms with van der Waals surface area (Å²) in [5.74, 6) is -0.378. The maximum Gasteiger partial charge on any atom is 0.340 e. The van der Waals surface area contributed by atoms with Crippen LogP contribution in [0.25, 0.3) is 0 Å². The van der Waals surface area contributed by atoms with Crippen molar-refractivity contribution in [2.45, 2.75) is 18.2 Å². The number of amidine groups is 1. The summed E-state index contributed by atoms with van der Waals surface area (Å²) in [5, 5.41) is 4.70. The fourth-order valence-corrected chi connectivity index (χ4v) is 3.32. The molecule has 0 radical (unpaired) electrons. The lowest BCUT2D eigenvalue weighted by Gasteiger charge is -2.18. The summed E-state index contributed by atoms with van der Waals surface area (Å²) in [7, 11) is -9.74. The van der Waals surface area contributed by atoms with E-state index in [0.29, 0.717) is 0 Å². The fourth-order valence-electron chi connectivity index (χ4n) is 0.817. The molecule has 84 valence electrons. The predicted molar refractivity (Wildman–Crippen MR) is 49.0 cm³/mol. The molecule has 14 heavy (non-hydrogen) atoms. The molecule has 0 saturated heterocycles. The van der Waals surface area contributed by atoms with Crippen LogP contribution >= 0.6 is 15.2 Å². The van der Waals surface area contributed by atoms with Crippen molar-refractivity contribution in [3.63, 3.8) is 0 Å². The third-order valence-electron chi connectivity index (χ3n) is 1.45. The van der Waals surface area contributed by atoms with Crippen molar-refractivity contribution >= 4 is 21.0 Å². The topological polar surface area (TPSA) is 165 Å². The molecule has 0 saturated carbocycles. The molecule has 0 fully saturated rings. The number of rotatable bonds is 5. The Morgan fingerprint density at radius 2 is 1.57 bits per heavy atom. The highest BCUT2D eigenvalue weighted by Gasteiger charge is 2.42. The van der Waals surface area contributed by atoms with Crippen LogP contribution < -0.4 is 5.73 Å². The molecule has 0 aromatic rings. The van der Waals surface area contributed by atoms with Crippen molar-refractivity contribution in [2.75, 3.05) is 0 Å². The molecule has 8 nitrogen and oxygen atoms in total. The Hall–Kier alpha value is -0.230. The first-order valence-electron chi connectivity index (χ1n) is 3.48. The molecule has 0 amide bonds. The molecule has 0 aliphatic rings. The zero-order valence-corrected chi connectivity index (χ0v) is 8.86. The van der Waals surface area contributed by atoms with Crippen LogP contribution in [0.15, 0.2) is 0 Å². The summed E-state index contributed by atoms with van der Waals surface area (Å²) in [4.78, 5) is 34.5. The van der Waals surface area contributed by atoms with Gasteiger partial charge in [-0.05, 0) is 6.42 Å². The van der Waals surface area contributed by atoms with Crippen LogP contribution in [0.2, 0.25) is 0 Å². The lowest BCUT2D eigenvalue weighted by atomic mass is 10.3. The minimum Gasteiger partial charge on any atom is -0.388 e. The Morgan fingerprint density at radius 1 is 1.21 bits per heavy atom. The minimum atomic E-state index is -4.87. The summed E-state index contributed by atoms with van der Waals surface area (Å²) < 4.78 is 21.4. The number of nitrogens with one attached hydrogen (secondary N) is 1. The molecule has 0 aliphatic heterocycles. The Kier molecular flexibility index (Phi) is 4.45. The van der Waals surface area contributed by atoms with Gasteiger partial charge in [-0.25, -0.2) is 0 Å². The monoisotopic (exact) mass is 246 g/mol. The smallest absolute Gasteiger partial charge is 0.340 e. The van der Waals surface area contributed by atoms with Gasteiger partial charge < -0.3 is 25.3 Å². The number of hydrogen-bond donors (Lipinski definition) is 6. The van der Waals surface area contributed by atoms with E-state index in [0.717, 1.165) is 0 Å². The van der Waals surface area contributed by atoms with Crippen LogP contribution in [0.3, 0.4) is 0 Å². The molecule has 0 atom stereocenters. The fraction of sp³-hybridized carbons (Fsp3) is 0.750. The van der Waals surface area contributed by atoms with Crippen molar-refractivity contribution in [3.8, 4) is 0 Å². The van der Waals surface area contributed by atoms with Crippen molar-refractivity contribution in [2.24, 2.45) is 5.73 Å². The summed E-state index contributed by atoms with van der Waals surface area (Å²) >= 11 is 0. The average Bonchev–Trinajstić information content (AvgIpc) is 1.78. The second kappa shape index (κ2) is 4.53. The Bertz CT molecular complexity index is 283. The molecule has 7 N–H and O–H groups in total. The van der Waals surface area contributed by atoms with Gasteiger partial charge in [0.05, 0.1) is 5.84 Å². The van der Waals surface area contributed by atoms with Gasteiger partial charge in [0.2, 0.25) is 0 Å². The molecular formula is C4H12N2O6P2. The number of nitrogens with two attached hydrogens (primary N) is 1. The largest absolute Gasteiger partial charge is 0.388 e. The SMILES string of the molecule is N=C(N)CCC(P(=O)(O)O)P(=O)(O)O. The van der Waals surface area contributed by atoms with Crippen LogP contribution in [-0.2, 0) is 9.13 Å². The lowest BCUT2D eigenvalue weighted by molar-refractivity contribution is 0.336. The van der Waals surface area contributed by atoms with Crippen LogP contribution in [0.1, 0.15) is 12.8 Å². The normalized spacial score (nSPS) is 13.2. The van der Waals surface area contributed by atoms with E-state index in [1.807, 2.05) is 0 Å². The zero-order chi connectivity index (χ0) is 11.6. The lowest BCUT2D eigenvalue weighted by Crippen LogP contribution is -2.15. The quantitative estimate of drug-likeness (QED) is 0.213.